The standard InChI is InChI=1S/C17H18ClN3O3S/c1-21(15-7-8-25(23,24)11-15)17(22)16-6-5-14(10-19-16)20-13-4-2-3-12(18)9-13/h2-6,9-10,15,20H,7-8,11H2,1H3. The van der Waals surface area contributed by atoms with Crippen LogP contribution in [0.2, 0.25) is 5.02 Å². The van der Waals surface area contributed by atoms with Gasteiger partial charge in [0.2, 0.25) is 0 Å². The van der Waals surface area contributed by atoms with Crippen LogP contribution in [0.4, 0.5) is 11.4 Å². The molecule has 2 heterocycles. The summed E-state index contributed by atoms with van der Waals surface area (Å²) >= 11 is 5.95. The predicted molar refractivity (Wildman–Crippen MR) is 98.1 cm³/mol. The van der Waals surface area contributed by atoms with Crippen molar-refractivity contribution in [2.45, 2.75) is 12.5 Å². The van der Waals surface area contributed by atoms with Gasteiger partial charge < -0.3 is 10.2 Å². The summed E-state index contributed by atoms with van der Waals surface area (Å²) in [6.07, 6.45) is 2.03. The van der Waals surface area contributed by atoms with Crippen molar-refractivity contribution in [3.63, 3.8) is 0 Å². The quantitative estimate of drug-likeness (QED) is 0.883. The molecule has 6 nitrogen and oxygen atoms in total. The molecule has 1 aromatic heterocycles. The van der Waals surface area contributed by atoms with Gasteiger partial charge in [-0.15, -0.1) is 0 Å². The number of benzene rings is 1. The maximum absolute atomic E-state index is 12.5. The van der Waals surface area contributed by atoms with E-state index in [2.05, 4.69) is 10.3 Å². The van der Waals surface area contributed by atoms with Crippen LogP contribution in [-0.2, 0) is 9.84 Å². The number of hydrogen-bond acceptors (Lipinski definition) is 5. The summed E-state index contributed by atoms with van der Waals surface area (Å²) in [5, 5.41) is 3.78. The van der Waals surface area contributed by atoms with E-state index in [0.717, 1.165) is 11.4 Å². The van der Waals surface area contributed by atoms with Gasteiger partial charge in [0.15, 0.2) is 9.84 Å². The van der Waals surface area contributed by atoms with Crippen LogP contribution < -0.4 is 5.32 Å². The molecule has 1 amide bonds. The van der Waals surface area contributed by atoms with Crippen LogP contribution in [0.1, 0.15) is 16.9 Å². The first-order valence-corrected chi connectivity index (χ1v) is 10.0. The van der Waals surface area contributed by atoms with Crippen LogP contribution in [0.3, 0.4) is 0 Å². The Balaban J connectivity index is 1.68. The third-order valence-corrected chi connectivity index (χ3v) is 6.16. The van der Waals surface area contributed by atoms with Crippen LogP contribution in [0.15, 0.2) is 42.6 Å². The van der Waals surface area contributed by atoms with E-state index in [-0.39, 0.29) is 29.1 Å². The van der Waals surface area contributed by atoms with Gasteiger partial charge >= 0.3 is 0 Å². The Morgan fingerprint density at radius 3 is 2.68 bits per heavy atom. The van der Waals surface area contributed by atoms with Gasteiger partial charge in [-0.3, -0.25) is 4.79 Å². The number of nitrogens with one attached hydrogen (secondary N) is 1. The second-order valence-electron chi connectivity index (χ2n) is 6.04. The fraction of sp³-hybridized carbons (Fsp3) is 0.294. The Morgan fingerprint density at radius 1 is 1.28 bits per heavy atom. The van der Waals surface area contributed by atoms with E-state index in [4.69, 9.17) is 11.6 Å². The Kier molecular flexibility index (Phi) is 4.96. The monoisotopic (exact) mass is 379 g/mol. The van der Waals surface area contributed by atoms with E-state index in [9.17, 15) is 13.2 Å². The third kappa shape index (κ3) is 4.29. The molecule has 1 fully saturated rings. The largest absolute Gasteiger partial charge is 0.354 e. The molecule has 1 saturated heterocycles. The summed E-state index contributed by atoms with van der Waals surface area (Å²) in [5.41, 5.74) is 1.83. The lowest BCUT2D eigenvalue weighted by molar-refractivity contribution is 0.0742. The van der Waals surface area contributed by atoms with Crippen LogP contribution in [0.25, 0.3) is 0 Å². The molecule has 1 aliphatic rings. The van der Waals surface area contributed by atoms with E-state index in [1.165, 1.54) is 4.90 Å². The van der Waals surface area contributed by atoms with Crippen molar-refractivity contribution in [2.75, 3.05) is 23.9 Å². The fourth-order valence-corrected chi connectivity index (χ4v) is 4.72. The Hall–Kier alpha value is -2.12. The number of amides is 1. The maximum Gasteiger partial charge on any atom is 0.272 e. The van der Waals surface area contributed by atoms with Crippen molar-refractivity contribution >= 4 is 38.7 Å². The summed E-state index contributed by atoms with van der Waals surface area (Å²) in [5.74, 6) is -0.133. The topological polar surface area (TPSA) is 79.4 Å². The third-order valence-electron chi connectivity index (χ3n) is 4.17. The second-order valence-corrected chi connectivity index (χ2v) is 8.71. The number of hydrogen-bond donors (Lipinski definition) is 1. The summed E-state index contributed by atoms with van der Waals surface area (Å²) in [6.45, 7) is 0. The Bertz CT molecular complexity index is 884. The Morgan fingerprint density at radius 2 is 2.08 bits per heavy atom. The van der Waals surface area contributed by atoms with Crippen LogP contribution in [0, 0.1) is 0 Å². The lowest BCUT2D eigenvalue weighted by Gasteiger charge is -2.23. The SMILES string of the molecule is CN(C(=O)c1ccc(Nc2cccc(Cl)c2)cn1)C1CCS(=O)(=O)C1. The van der Waals surface area contributed by atoms with E-state index in [1.54, 1.807) is 37.5 Å². The zero-order valence-electron chi connectivity index (χ0n) is 13.6. The first kappa shape index (κ1) is 17.7. The zero-order chi connectivity index (χ0) is 18.0. The van der Waals surface area contributed by atoms with Gasteiger partial charge in [-0.05, 0) is 36.8 Å². The molecule has 0 spiro atoms. The first-order chi connectivity index (χ1) is 11.8. The number of anilines is 2. The molecular formula is C17H18ClN3O3S. The van der Waals surface area contributed by atoms with Gasteiger partial charge in [-0.1, -0.05) is 17.7 Å². The molecule has 0 bridgehead atoms. The predicted octanol–water partition coefficient (Wildman–Crippen LogP) is 2.74. The highest BCUT2D eigenvalue weighted by molar-refractivity contribution is 7.91. The molecule has 1 unspecified atom stereocenters. The summed E-state index contributed by atoms with van der Waals surface area (Å²) in [4.78, 5) is 18.1. The molecule has 0 saturated carbocycles. The van der Waals surface area contributed by atoms with E-state index < -0.39 is 9.84 Å². The molecule has 0 aliphatic carbocycles. The normalized spacial score (nSPS) is 18.7. The van der Waals surface area contributed by atoms with Gasteiger partial charge in [-0.25, -0.2) is 13.4 Å². The summed E-state index contributed by atoms with van der Waals surface area (Å²) < 4.78 is 23.2. The van der Waals surface area contributed by atoms with Crippen molar-refractivity contribution in [1.82, 2.24) is 9.88 Å². The van der Waals surface area contributed by atoms with Crippen LogP contribution in [-0.4, -0.2) is 48.8 Å². The van der Waals surface area contributed by atoms with Gasteiger partial charge in [0, 0.05) is 23.8 Å². The van der Waals surface area contributed by atoms with Gasteiger partial charge in [0.25, 0.3) is 5.91 Å². The smallest absolute Gasteiger partial charge is 0.272 e. The lowest BCUT2D eigenvalue weighted by Crippen LogP contribution is -2.38. The molecule has 1 N–H and O–H groups in total. The van der Waals surface area contributed by atoms with Crippen molar-refractivity contribution < 1.29 is 13.2 Å². The molecule has 25 heavy (non-hydrogen) atoms. The maximum atomic E-state index is 12.5. The number of pyridine rings is 1. The van der Waals surface area contributed by atoms with E-state index in [0.29, 0.717) is 11.4 Å². The van der Waals surface area contributed by atoms with Crippen molar-refractivity contribution in [1.29, 1.82) is 0 Å². The fourth-order valence-electron chi connectivity index (χ4n) is 2.75. The average Bonchev–Trinajstić information content (AvgIpc) is 2.94. The van der Waals surface area contributed by atoms with Gasteiger partial charge in [0.05, 0.1) is 23.4 Å². The average molecular weight is 380 g/mol. The molecule has 1 atom stereocenters. The number of sulfone groups is 1. The minimum atomic E-state index is -3.04. The highest BCUT2D eigenvalue weighted by atomic mass is 35.5. The molecule has 3 rings (SSSR count). The zero-order valence-corrected chi connectivity index (χ0v) is 15.2. The molecule has 0 radical (unpaired) electrons. The van der Waals surface area contributed by atoms with Gasteiger partial charge in [0.1, 0.15) is 5.69 Å². The van der Waals surface area contributed by atoms with Crippen molar-refractivity contribution in [2.24, 2.45) is 0 Å². The minimum Gasteiger partial charge on any atom is -0.354 e. The van der Waals surface area contributed by atoms with Crippen molar-refractivity contribution in [3.05, 3.63) is 53.3 Å². The molecule has 1 aliphatic heterocycles. The number of carbonyl (C=O) groups is 1. The molecule has 132 valence electrons. The summed E-state index contributed by atoms with van der Waals surface area (Å²) in [6, 6.07) is 10.4. The lowest BCUT2D eigenvalue weighted by atomic mass is 10.2. The number of rotatable bonds is 4. The number of nitrogens with zero attached hydrogens (tertiary/aromatic N) is 2. The van der Waals surface area contributed by atoms with E-state index in [1.807, 2.05) is 12.1 Å². The number of carbonyl (C=O) groups excluding carboxylic acids is 1. The number of halogens is 1. The Labute approximate surface area is 151 Å². The summed E-state index contributed by atoms with van der Waals surface area (Å²) in [7, 11) is -1.42. The van der Waals surface area contributed by atoms with Crippen molar-refractivity contribution in [3.8, 4) is 0 Å². The first-order valence-electron chi connectivity index (χ1n) is 7.80. The second kappa shape index (κ2) is 7.01. The molecule has 8 heteroatoms. The number of aromatic nitrogens is 1. The van der Waals surface area contributed by atoms with Gasteiger partial charge in [-0.2, -0.15) is 0 Å². The minimum absolute atomic E-state index is 0.0175. The van der Waals surface area contributed by atoms with Crippen LogP contribution >= 0.6 is 11.6 Å². The van der Waals surface area contributed by atoms with Crippen LogP contribution in [0.5, 0.6) is 0 Å². The highest BCUT2D eigenvalue weighted by Crippen LogP contribution is 2.21. The molecular weight excluding hydrogens is 362 g/mol. The molecule has 1 aromatic carbocycles. The highest BCUT2D eigenvalue weighted by Gasteiger charge is 2.33. The van der Waals surface area contributed by atoms with E-state index >= 15 is 0 Å². The molecule has 2 aromatic rings.